The fraction of sp³-hybridized carbons (Fsp3) is 0.488. The SMILES string of the molecule is CC/C=C\C/C=C\C/C=C\C/C=C\C/C=C\CCCC(=O)OC(CO)COCC/C=C\C/C=C\C/C=C\C/C=C\C/C=C\CC. The van der Waals surface area contributed by atoms with Crippen LogP contribution in [0.4, 0.5) is 0 Å². The Kier molecular flexibility index (Phi) is 34.3. The highest BCUT2D eigenvalue weighted by Gasteiger charge is 2.13. The lowest BCUT2D eigenvalue weighted by Gasteiger charge is -2.15. The van der Waals surface area contributed by atoms with Gasteiger partial charge in [0, 0.05) is 6.42 Å². The Morgan fingerprint density at radius 2 is 0.889 bits per heavy atom. The highest BCUT2D eigenvalue weighted by atomic mass is 16.6. The van der Waals surface area contributed by atoms with Crippen molar-refractivity contribution in [3.05, 3.63) is 122 Å². The van der Waals surface area contributed by atoms with E-state index in [1.807, 2.05) is 0 Å². The van der Waals surface area contributed by atoms with Crippen molar-refractivity contribution < 1.29 is 19.4 Å². The number of allylic oxidation sites excluding steroid dienone is 19. The first-order valence-corrected chi connectivity index (χ1v) is 17.1. The predicted molar refractivity (Wildman–Crippen MR) is 195 cm³/mol. The summed E-state index contributed by atoms with van der Waals surface area (Å²) < 4.78 is 11.0. The molecule has 4 nitrogen and oxygen atoms in total. The van der Waals surface area contributed by atoms with Gasteiger partial charge in [-0.3, -0.25) is 4.79 Å². The second kappa shape index (κ2) is 37.0. The van der Waals surface area contributed by atoms with E-state index in [0.29, 0.717) is 13.0 Å². The van der Waals surface area contributed by atoms with Crippen LogP contribution >= 0.6 is 0 Å². The second-order valence-electron chi connectivity index (χ2n) is 10.5. The van der Waals surface area contributed by atoms with Crippen molar-refractivity contribution in [3.8, 4) is 0 Å². The van der Waals surface area contributed by atoms with Crippen LogP contribution in [0, 0.1) is 0 Å². The van der Waals surface area contributed by atoms with Crippen molar-refractivity contribution in [2.45, 2.75) is 110 Å². The number of aliphatic hydroxyl groups excluding tert-OH is 1. The van der Waals surface area contributed by atoms with E-state index in [1.54, 1.807) is 0 Å². The van der Waals surface area contributed by atoms with Gasteiger partial charge in [-0.25, -0.2) is 0 Å². The summed E-state index contributed by atoms with van der Waals surface area (Å²) in [5.74, 6) is -0.289. The summed E-state index contributed by atoms with van der Waals surface area (Å²) in [6.07, 6.45) is 55.4. The van der Waals surface area contributed by atoms with Crippen molar-refractivity contribution in [3.63, 3.8) is 0 Å². The smallest absolute Gasteiger partial charge is 0.306 e. The number of hydrogen-bond donors (Lipinski definition) is 1. The predicted octanol–water partition coefficient (Wildman–Crippen LogP) is 11.0. The first-order valence-electron chi connectivity index (χ1n) is 17.1. The van der Waals surface area contributed by atoms with Crippen molar-refractivity contribution in [1.82, 2.24) is 0 Å². The summed E-state index contributed by atoms with van der Waals surface area (Å²) in [6.45, 7) is 4.80. The average molecular weight is 619 g/mol. The molecule has 0 aliphatic heterocycles. The lowest BCUT2D eigenvalue weighted by Crippen LogP contribution is -2.27. The van der Waals surface area contributed by atoms with Gasteiger partial charge in [0.2, 0.25) is 0 Å². The van der Waals surface area contributed by atoms with E-state index in [4.69, 9.17) is 9.47 Å². The molecule has 0 radical (unpaired) electrons. The molecule has 0 bridgehead atoms. The van der Waals surface area contributed by atoms with Crippen molar-refractivity contribution in [2.75, 3.05) is 19.8 Å². The quantitative estimate of drug-likeness (QED) is 0.0515. The molecule has 0 aliphatic carbocycles. The molecule has 45 heavy (non-hydrogen) atoms. The Bertz CT molecular complexity index is 956. The standard InChI is InChI=1S/C41H62O4/c1-3-5-7-9-11-13-15-17-19-21-22-24-26-28-30-32-34-36-41(43)45-40(38-42)39-44-37-35-33-31-29-27-25-23-20-18-16-14-12-10-8-6-4-2/h5-8,11-14,17-20,22,24-25,27-28,30-31,33,40,42H,3-4,9-10,15-16,21,23,26,29,32,34-39H2,1-2H3/b7-5-,8-6-,13-11-,14-12-,19-17-,20-18-,24-22-,27-25-,30-28-,33-31-. The zero-order valence-electron chi connectivity index (χ0n) is 28.3. The molecule has 0 spiro atoms. The number of unbranched alkanes of at least 4 members (excludes halogenated alkanes) is 1. The van der Waals surface area contributed by atoms with Gasteiger partial charge in [0.1, 0.15) is 6.10 Å². The number of carbonyl (C=O) groups is 1. The molecule has 0 saturated carbocycles. The molecule has 0 amide bonds. The number of esters is 1. The van der Waals surface area contributed by atoms with Gasteiger partial charge in [0.05, 0.1) is 19.8 Å². The minimum absolute atomic E-state index is 0.210. The lowest BCUT2D eigenvalue weighted by molar-refractivity contribution is -0.154. The van der Waals surface area contributed by atoms with Crippen LogP contribution in [-0.2, 0) is 14.3 Å². The topological polar surface area (TPSA) is 55.8 Å². The van der Waals surface area contributed by atoms with E-state index in [9.17, 15) is 9.90 Å². The Balaban J connectivity index is 3.76. The maximum Gasteiger partial charge on any atom is 0.306 e. The van der Waals surface area contributed by atoms with Crippen molar-refractivity contribution in [2.24, 2.45) is 0 Å². The Labute approximate surface area is 276 Å². The third-order valence-corrected chi connectivity index (χ3v) is 6.30. The first kappa shape index (κ1) is 41.8. The number of ether oxygens (including phenoxy) is 2. The number of rotatable bonds is 29. The van der Waals surface area contributed by atoms with E-state index in [0.717, 1.165) is 83.5 Å². The fourth-order valence-electron chi connectivity index (χ4n) is 3.84. The lowest BCUT2D eigenvalue weighted by atomic mass is 10.2. The van der Waals surface area contributed by atoms with Gasteiger partial charge in [-0.1, -0.05) is 135 Å². The third-order valence-electron chi connectivity index (χ3n) is 6.30. The number of hydrogen-bond acceptors (Lipinski definition) is 4. The van der Waals surface area contributed by atoms with E-state index in [2.05, 4.69) is 135 Å². The normalized spacial score (nSPS) is 13.9. The summed E-state index contributed by atoms with van der Waals surface area (Å²) in [7, 11) is 0. The highest BCUT2D eigenvalue weighted by Crippen LogP contribution is 2.04. The molecule has 0 heterocycles. The van der Waals surface area contributed by atoms with Crippen LogP contribution in [0.25, 0.3) is 0 Å². The zero-order valence-corrected chi connectivity index (χ0v) is 28.3. The molecule has 0 fully saturated rings. The molecule has 1 unspecified atom stereocenters. The molecule has 0 aromatic heterocycles. The summed E-state index contributed by atoms with van der Waals surface area (Å²) in [5.41, 5.74) is 0. The molecule has 250 valence electrons. The van der Waals surface area contributed by atoms with Crippen LogP contribution in [-0.4, -0.2) is 37.0 Å². The van der Waals surface area contributed by atoms with E-state index >= 15 is 0 Å². The Morgan fingerprint density at radius 3 is 1.27 bits per heavy atom. The maximum atomic E-state index is 12.1. The minimum Gasteiger partial charge on any atom is -0.457 e. The van der Waals surface area contributed by atoms with Gasteiger partial charge in [-0.2, -0.15) is 0 Å². The molecule has 0 saturated heterocycles. The summed E-state index contributed by atoms with van der Waals surface area (Å²) in [4.78, 5) is 12.1. The molecule has 4 heteroatoms. The number of carbonyl (C=O) groups excluding carboxylic acids is 1. The monoisotopic (exact) mass is 618 g/mol. The molecular formula is C41H62O4. The Morgan fingerprint density at radius 1 is 0.533 bits per heavy atom. The fourth-order valence-corrected chi connectivity index (χ4v) is 3.84. The molecule has 1 N–H and O–H groups in total. The third kappa shape index (κ3) is 35.1. The van der Waals surface area contributed by atoms with Crippen molar-refractivity contribution in [1.29, 1.82) is 0 Å². The zero-order chi connectivity index (χ0) is 32.7. The molecule has 0 aliphatic rings. The maximum absolute atomic E-state index is 12.1. The molecule has 0 rings (SSSR count). The van der Waals surface area contributed by atoms with Crippen LogP contribution in [0.2, 0.25) is 0 Å². The van der Waals surface area contributed by atoms with Gasteiger partial charge >= 0.3 is 5.97 Å². The molecule has 0 aromatic rings. The summed E-state index contributed by atoms with van der Waals surface area (Å²) >= 11 is 0. The van der Waals surface area contributed by atoms with Gasteiger partial charge in [-0.15, -0.1) is 0 Å². The van der Waals surface area contributed by atoms with Gasteiger partial charge in [0.15, 0.2) is 0 Å². The van der Waals surface area contributed by atoms with Crippen LogP contribution in [0.5, 0.6) is 0 Å². The van der Waals surface area contributed by atoms with Crippen LogP contribution in [0.1, 0.15) is 104 Å². The van der Waals surface area contributed by atoms with Gasteiger partial charge in [-0.05, 0) is 83.5 Å². The first-order chi connectivity index (χ1) is 22.2. The average Bonchev–Trinajstić information content (AvgIpc) is 3.05. The van der Waals surface area contributed by atoms with Crippen LogP contribution < -0.4 is 0 Å². The van der Waals surface area contributed by atoms with E-state index in [-0.39, 0.29) is 19.2 Å². The molecule has 1 atom stereocenters. The second-order valence-corrected chi connectivity index (χ2v) is 10.5. The minimum atomic E-state index is -0.612. The highest BCUT2D eigenvalue weighted by molar-refractivity contribution is 5.69. The Hall–Kier alpha value is -3.21. The molecular weight excluding hydrogens is 556 g/mol. The number of aliphatic hydroxyl groups is 1. The van der Waals surface area contributed by atoms with E-state index in [1.165, 1.54) is 0 Å². The summed E-state index contributed by atoms with van der Waals surface area (Å²) in [6, 6.07) is 0. The largest absolute Gasteiger partial charge is 0.457 e. The van der Waals surface area contributed by atoms with Crippen molar-refractivity contribution >= 4 is 5.97 Å². The van der Waals surface area contributed by atoms with Gasteiger partial charge in [0.25, 0.3) is 0 Å². The summed E-state index contributed by atoms with van der Waals surface area (Å²) in [5, 5.41) is 9.52. The van der Waals surface area contributed by atoms with Gasteiger partial charge < -0.3 is 14.6 Å². The molecule has 0 aromatic carbocycles. The van der Waals surface area contributed by atoms with Crippen LogP contribution in [0.3, 0.4) is 0 Å². The van der Waals surface area contributed by atoms with E-state index < -0.39 is 6.10 Å². The van der Waals surface area contributed by atoms with Crippen LogP contribution in [0.15, 0.2) is 122 Å².